The summed E-state index contributed by atoms with van der Waals surface area (Å²) in [5, 5.41) is 12.6. The Morgan fingerprint density at radius 3 is 2.59 bits per heavy atom. The lowest BCUT2D eigenvalue weighted by molar-refractivity contribution is -0.141. The van der Waals surface area contributed by atoms with Crippen molar-refractivity contribution in [2.45, 2.75) is 18.7 Å². The van der Waals surface area contributed by atoms with Crippen LogP contribution >= 0.6 is 0 Å². The molecule has 1 saturated heterocycles. The largest absolute Gasteiger partial charge is 0.435 e. The molecule has 94 valence electrons. The first-order valence-electron chi connectivity index (χ1n) is 4.88. The van der Waals surface area contributed by atoms with E-state index < -0.39 is 23.9 Å². The van der Waals surface area contributed by atoms with Gasteiger partial charge in [0.2, 0.25) is 5.91 Å². The molecule has 0 aliphatic carbocycles. The lowest BCUT2D eigenvalue weighted by Gasteiger charge is -2.14. The van der Waals surface area contributed by atoms with Gasteiger partial charge in [-0.05, 0) is 0 Å². The third-order valence-electron chi connectivity index (χ3n) is 2.53. The van der Waals surface area contributed by atoms with Crippen LogP contribution in [0.1, 0.15) is 12.1 Å². The maximum absolute atomic E-state index is 12.4. The van der Waals surface area contributed by atoms with Gasteiger partial charge in [0.25, 0.3) is 0 Å². The van der Waals surface area contributed by atoms with Gasteiger partial charge in [0.05, 0.1) is 19.1 Å². The van der Waals surface area contributed by atoms with Gasteiger partial charge in [0, 0.05) is 13.1 Å². The summed E-state index contributed by atoms with van der Waals surface area (Å²) < 4.78 is 38.2. The Labute approximate surface area is 94.4 Å². The van der Waals surface area contributed by atoms with Gasteiger partial charge in [0.15, 0.2) is 5.69 Å². The second kappa shape index (κ2) is 3.73. The van der Waals surface area contributed by atoms with Crippen LogP contribution < -0.4 is 4.90 Å². The lowest BCUT2D eigenvalue weighted by Crippen LogP contribution is -2.27. The number of aromatic nitrogens is 2. The summed E-state index contributed by atoms with van der Waals surface area (Å²) in [5.41, 5.74) is -1.05. The second-order valence-corrected chi connectivity index (χ2v) is 3.87. The lowest BCUT2D eigenvalue weighted by atomic mass is 10.3. The van der Waals surface area contributed by atoms with E-state index in [0.717, 1.165) is 15.6 Å². The summed E-state index contributed by atoms with van der Waals surface area (Å²) in [6.07, 6.45) is -5.46. The van der Waals surface area contributed by atoms with Crippen LogP contribution in [0.5, 0.6) is 0 Å². The van der Waals surface area contributed by atoms with Crippen molar-refractivity contribution in [3.63, 3.8) is 0 Å². The summed E-state index contributed by atoms with van der Waals surface area (Å²) in [4.78, 5) is 12.5. The fourth-order valence-corrected chi connectivity index (χ4v) is 1.76. The van der Waals surface area contributed by atoms with Crippen LogP contribution in [0.3, 0.4) is 0 Å². The fourth-order valence-electron chi connectivity index (χ4n) is 1.76. The smallest absolute Gasteiger partial charge is 0.391 e. The van der Waals surface area contributed by atoms with E-state index in [2.05, 4.69) is 5.10 Å². The molecule has 17 heavy (non-hydrogen) atoms. The maximum atomic E-state index is 12.4. The highest BCUT2D eigenvalue weighted by molar-refractivity contribution is 5.95. The summed E-state index contributed by atoms with van der Waals surface area (Å²) in [7, 11) is 1.32. The summed E-state index contributed by atoms with van der Waals surface area (Å²) in [6, 6.07) is 0.802. The van der Waals surface area contributed by atoms with E-state index in [1.165, 1.54) is 7.05 Å². The van der Waals surface area contributed by atoms with Gasteiger partial charge in [-0.15, -0.1) is 0 Å². The molecule has 1 aliphatic heterocycles. The fraction of sp³-hybridized carbons (Fsp3) is 0.556. The van der Waals surface area contributed by atoms with Crippen molar-refractivity contribution >= 4 is 11.7 Å². The first kappa shape index (κ1) is 11.9. The number of rotatable bonds is 1. The zero-order valence-corrected chi connectivity index (χ0v) is 8.90. The molecule has 1 aromatic heterocycles. The first-order valence-corrected chi connectivity index (χ1v) is 4.88. The Morgan fingerprint density at radius 2 is 2.18 bits per heavy atom. The van der Waals surface area contributed by atoms with E-state index in [1.54, 1.807) is 0 Å². The predicted molar refractivity (Wildman–Crippen MR) is 51.2 cm³/mol. The number of anilines is 1. The van der Waals surface area contributed by atoms with Crippen LogP contribution in [0, 0.1) is 0 Å². The molecule has 0 spiro atoms. The number of hydrogen-bond donors (Lipinski definition) is 1. The van der Waals surface area contributed by atoms with Crippen LogP contribution in [0.25, 0.3) is 0 Å². The standard InChI is InChI=1S/C9H10F3N3O2/c1-14-7(3-6(13-14)9(10,11)12)15-4-5(16)2-8(15)17/h3,5,16H,2,4H2,1H3. The normalized spacial score (nSPS) is 21.4. The third kappa shape index (κ3) is 2.12. The molecule has 1 N–H and O–H groups in total. The highest BCUT2D eigenvalue weighted by Gasteiger charge is 2.37. The SMILES string of the molecule is Cn1nc(C(F)(F)F)cc1N1CC(O)CC1=O. The van der Waals surface area contributed by atoms with Crippen molar-refractivity contribution in [3.05, 3.63) is 11.8 Å². The topological polar surface area (TPSA) is 58.4 Å². The minimum Gasteiger partial charge on any atom is -0.391 e. The Hall–Kier alpha value is -1.57. The van der Waals surface area contributed by atoms with Crippen LogP contribution in [-0.2, 0) is 18.0 Å². The molecule has 1 aliphatic rings. The van der Waals surface area contributed by atoms with E-state index in [1.807, 2.05) is 0 Å². The predicted octanol–water partition coefficient (Wildman–Crippen LogP) is 0.536. The van der Waals surface area contributed by atoms with Crippen molar-refractivity contribution in [1.29, 1.82) is 0 Å². The number of aryl methyl sites for hydroxylation is 1. The van der Waals surface area contributed by atoms with Gasteiger partial charge >= 0.3 is 6.18 Å². The Morgan fingerprint density at radius 1 is 1.53 bits per heavy atom. The number of carbonyl (C=O) groups is 1. The molecule has 0 radical (unpaired) electrons. The molecule has 0 saturated carbocycles. The van der Waals surface area contributed by atoms with E-state index in [0.29, 0.717) is 0 Å². The number of amides is 1. The molecule has 0 aromatic carbocycles. The average molecular weight is 249 g/mol. The molecule has 0 bridgehead atoms. The Balaban J connectivity index is 2.34. The van der Waals surface area contributed by atoms with Gasteiger partial charge in [-0.25, -0.2) is 0 Å². The molecule has 5 nitrogen and oxygen atoms in total. The molecule has 2 rings (SSSR count). The molecule has 1 amide bonds. The minimum atomic E-state index is -4.54. The molecule has 8 heteroatoms. The first-order chi connectivity index (χ1) is 7.79. The Kier molecular flexibility index (Phi) is 2.61. The number of β-amino-alcohol motifs (C(OH)–C–C–N with tert-alkyl or cyclic N) is 1. The zero-order chi connectivity index (χ0) is 12.8. The number of aliphatic hydroxyl groups excluding tert-OH is 1. The highest BCUT2D eigenvalue weighted by atomic mass is 19.4. The van der Waals surface area contributed by atoms with Crippen LogP contribution in [0.4, 0.5) is 19.0 Å². The van der Waals surface area contributed by atoms with Gasteiger partial charge in [-0.3, -0.25) is 14.4 Å². The molecular formula is C9H10F3N3O2. The molecule has 1 aromatic rings. The van der Waals surface area contributed by atoms with Crippen molar-refractivity contribution in [2.75, 3.05) is 11.4 Å². The average Bonchev–Trinajstić information content (AvgIpc) is 2.68. The Bertz CT molecular complexity index is 455. The number of carbonyl (C=O) groups excluding carboxylic acids is 1. The van der Waals surface area contributed by atoms with Crippen LogP contribution in [0.2, 0.25) is 0 Å². The number of hydrogen-bond acceptors (Lipinski definition) is 3. The molecule has 1 unspecified atom stereocenters. The quantitative estimate of drug-likeness (QED) is 0.790. The number of alkyl halides is 3. The maximum Gasteiger partial charge on any atom is 0.435 e. The number of aliphatic hydroxyl groups is 1. The van der Waals surface area contributed by atoms with Crippen LogP contribution in [-0.4, -0.2) is 33.4 Å². The van der Waals surface area contributed by atoms with E-state index >= 15 is 0 Å². The molecular weight excluding hydrogens is 239 g/mol. The molecule has 2 heterocycles. The summed E-state index contributed by atoms with van der Waals surface area (Å²) >= 11 is 0. The zero-order valence-electron chi connectivity index (χ0n) is 8.90. The van der Waals surface area contributed by atoms with E-state index in [-0.39, 0.29) is 18.8 Å². The third-order valence-corrected chi connectivity index (χ3v) is 2.53. The highest BCUT2D eigenvalue weighted by Crippen LogP contribution is 2.31. The number of nitrogens with zero attached hydrogens (tertiary/aromatic N) is 3. The van der Waals surface area contributed by atoms with Gasteiger partial charge < -0.3 is 5.11 Å². The van der Waals surface area contributed by atoms with Crippen LogP contribution in [0.15, 0.2) is 6.07 Å². The van der Waals surface area contributed by atoms with Crippen molar-refractivity contribution in [3.8, 4) is 0 Å². The summed E-state index contributed by atoms with van der Waals surface area (Å²) in [6.45, 7) is -0.00430. The van der Waals surface area contributed by atoms with E-state index in [4.69, 9.17) is 0 Å². The van der Waals surface area contributed by atoms with Crippen molar-refractivity contribution in [2.24, 2.45) is 7.05 Å². The van der Waals surface area contributed by atoms with Gasteiger partial charge in [0.1, 0.15) is 5.82 Å². The molecule has 1 atom stereocenters. The molecule has 1 fully saturated rings. The monoisotopic (exact) mass is 249 g/mol. The minimum absolute atomic E-state index is 0.00430. The number of halogens is 3. The summed E-state index contributed by atoms with van der Waals surface area (Å²) in [5.74, 6) is -0.368. The second-order valence-electron chi connectivity index (χ2n) is 3.87. The van der Waals surface area contributed by atoms with Crippen molar-refractivity contribution < 1.29 is 23.1 Å². The van der Waals surface area contributed by atoms with Gasteiger partial charge in [-0.2, -0.15) is 18.3 Å². The van der Waals surface area contributed by atoms with Gasteiger partial charge in [-0.1, -0.05) is 0 Å². The van der Waals surface area contributed by atoms with E-state index in [9.17, 15) is 23.1 Å². The van der Waals surface area contributed by atoms with Crippen molar-refractivity contribution in [1.82, 2.24) is 9.78 Å².